The van der Waals surface area contributed by atoms with E-state index in [1.165, 1.54) is 0 Å². The third-order valence-electron chi connectivity index (χ3n) is 3.86. The molecule has 1 aliphatic rings. The fourth-order valence-electron chi connectivity index (χ4n) is 2.67. The van der Waals surface area contributed by atoms with Gasteiger partial charge in [0.05, 0.1) is 18.1 Å². The van der Waals surface area contributed by atoms with Gasteiger partial charge in [-0.05, 0) is 25.1 Å². The van der Waals surface area contributed by atoms with Gasteiger partial charge >= 0.3 is 0 Å². The van der Waals surface area contributed by atoms with Crippen molar-refractivity contribution in [3.63, 3.8) is 0 Å². The zero-order valence-electron chi connectivity index (χ0n) is 12.3. The Balaban J connectivity index is 1.71. The number of hydrogen-bond acceptors (Lipinski definition) is 7. The third kappa shape index (κ3) is 3.33. The summed E-state index contributed by atoms with van der Waals surface area (Å²) in [5.41, 5.74) is 0.795. The molecule has 1 saturated heterocycles. The molecule has 2 aromatic rings. The largest absolute Gasteiger partial charge is 0.338 e. The predicted octanol–water partition coefficient (Wildman–Crippen LogP) is 1.14. The molecule has 8 heteroatoms. The molecule has 1 unspecified atom stereocenters. The molecule has 0 spiro atoms. The quantitative estimate of drug-likeness (QED) is 0.815. The number of rotatable bonds is 5. The lowest BCUT2D eigenvalue weighted by molar-refractivity contribution is 0.186. The Labute approximate surface area is 129 Å². The molecule has 3 rings (SSSR count). The van der Waals surface area contributed by atoms with Crippen LogP contribution in [0.4, 0.5) is 0 Å². The molecule has 0 amide bonds. The van der Waals surface area contributed by atoms with Crippen molar-refractivity contribution in [3.05, 3.63) is 30.4 Å². The first-order valence-electron chi connectivity index (χ1n) is 7.25. The lowest BCUT2D eigenvalue weighted by Gasteiger charge is -2.24. The Hall–Kier alpha value is -1.80. The average Bonchev–Trinajstić information content (AvgIpc) is 3.12. The van der Waals surface area contributed by atoms with Crippen LogP contribution in [0.2, 0.25) is 0 Å². The van der Waals surface area contributed by atoms with Crippen molar-refractivity contribution < 1.29 is 12.9 Å². The molecule has 3 heterocycles. The normalized spacial score (nSPS) is 20.5. The lowest BCUT2D eigenvalue weighted by atomic mass is 10.2. The molecular formula is C14H18N4O3S. The van der Waals surface area contributed by atoms with Gasteiger partial charge in [-0.2, -0.15) is 4.98 Å². The summed E-state index contributed by atoms with van der Waals surface area (Å²) in [7, 11) is -2.90. The Kier molecular flexibility index (Phi) is 4.21. The molecule has 7 nitrogen and oxygen atoms in total. The highest BCUT2D eigenvalue weighted by atomic mass is 32.2. The highest BCUT2D eigenvalue weighted by Gasteiger charge is 2.32. The second-order valence-corrected chi connectivity index (χ2v) is 7.60. The molecule has 1 atom stereocenters. The van der Waals surface area contributed by atoms with Crippen LogP contribution in [0.5, 0.6) is 0 Å². The van der Waals surface area contributed by atoms with Gasteiger partial charge in [-0.1, -0.05) is 12.1 Å². The van der Waals surface area contributed by atoms with E-state index in [0.29, 0.717) is 24.7 Å². The average molecular weight is 322 g/mol. The van der Waals surface area contributed by atoms with Crippen molar-refractivity contribution in [2.75, 3.05) is 18.1 Å². The first-order chi connectivity index (χ1) is 10.6. The molecule has 22 heavy (non-hydrogen) atoms. The maximum Gasteiger partial charge on any atom is 0.241 e. The van der Waals surface area contributed by atoms with Crippen LogP contribution in [0.25, 0.3) is 11.4 Å². The van der Waals surface area contributed by atoms with Gasteiger partial charge < -0.3 is 4.52 Å². The van der Waals surface area contributed by atoms with Crippen molar-refractivity contribution in [1.29, 1.82) is 0 Å². The lowest BCUT2D eigenvalue weighted by Crippen LogP contribution is -2.35. The van der Waals surface area contributed by atoms with Gasteiger partial charge in [-0.15, -0.1) is 0 Å². The molecule has 2 aromatic heterocycles. The van der Waals surface area contributed by atoms with Gasteiger partial charge in [0.15, 0.2) is 9.84 Å². The molecule has 0 bridgehead atoms. The summed E-state index contributed by atoms with van der Waals surface area (Å²) in [6, 6.07) is 3.71. The van der Waals surface area contributed by atoms with Crippen LogP contribution in [-0.2, 0) is 16.4 Å². The van der Waals surface area contributed by atoms with Crippen LogP contribution in [-0.4, -0.2) is 52.5 Å². The first-order valence-corrected chi connectivity index (χ1v) is 9.07. The molecule has 118 valence electrons. The summed E-state index contributed by atoms with van der Waals surface area (Å²) in [5, 5.41) is 3.96. The molecule has 1 aliphatic heterocycles. The molecule has 0 saturated carbocycles. The standard InChI is InChI=1S/C14H18N4O3S/c1-2-18(12-5-7-22(19,20)10-12)9-13-16-14(17-21-13)11-4-3-6-15-8-11/h3-4,6,8,12H,2,5,7,9-10H2,1H3. The van der Waals surface area contributed by atoms with E-state index in [9.17, 15) is 8.42 Å². The van der Waals surface area contributed by atoms with Crippen LogP contribution >= 0.6 is 0 Å². The van der Waals surface area contributed by atoms with E-state index in [2.05, 4.69) is 20.0 Å². The smallest absolute Gasteiger partial charge is 0.241 e. The van der Waals surface area contributed by atoms with E-state index in [4.69, 9.17) is 4.52 Å². The van der Waals surface area contributed by atoms with Gasteiger partial charge in [-0.3, -0.25) is 9.88 Å². The molecule has 1 fully saturated rings. The minimum absolute atomic E-state index is 0.0312. The van der Waals surface area contributed by atoms with E-state index in [1.54, 1.807) is 12.4 Å². The zero-order chi connectivity index (χ0) is 15.6. The minimum atomic E-state index is -2.90. The second kappa shape index (κ2) is 6.13. The summed E-state index contributed by atoms with van der Waals surface area (Å²) < 4.78 is 28.5. The van der Waals surface area contributed by atoms with Gasteiger partial charge in [0, 0.05) is 24.0 Å². The van der Waals surface area contributed by atoms with Crippen LogP contribution < -0.4 is 0 Å². The Bertz CT molecular complexity index is 730. The minimum Gasteiger partial charge on any atom is -0.338 e. The number of sulfone groups is 1. The third-order valence-corrected chi connectivity index (χ3v) is 5.61. The maximum absolute atomic E-state index is 11.6. The fraction of sp³-hybridized carbons (Fsp3) is 0.500. The zero-order valence-corrected chi connectivity index (χ0v) is 13.2. The van der Waals surface area contributed by atoms with Crippen LogP contribution in [0.1, 0.15) is 19.2 Å². The first kappa shape index (κ1) is 15.1. The van der Waals surface area contributed by atoms with Crippen LogP contribution in [0.15, 0.2) is 29.0 Å². The summed E-state index contributed by atoms with van der Waals surface area (Å²) in [6.45, 7) is 3.21. The van der Waals surface area contributed by atoms with Crippen molar-refractivity contribution in [2.45, 2.75) is 25.9 Å². The fourth-order valence-corrected chi connectivity index (χ4v) is 4.43. The molecule has 0 aliphatic carbocycles. The van der Waals surface area contributed by atoms with Gasteiger partial charge in [0.25, 0.3) is 0 Å². The highest BCUT2D eigenvalue weighted by Crippen LogP contribution is 2.20. The molecule has 0 N–H and O–H groups in total. The molecule has 0 radical (unpaired) electrons. The highest BCUT2D eigenvalue weighted by molar-refractivity contribution is 7.91. The summed E-state index contributed by atoms with van der Waals surface area (Å²) >= 11 is 0. The number of hydrogen-bond donors (Lipinski definition) is 0. The monoisotopic (exact) mass is 322 g/mol. The SMILES string of the molecule is CCN(Cc1nc(-c2cccnc2)no1)C1CCS(=O)(=O)C1. The summed E-state index contributed by atoms with van der Waals surface area (Å²) in [4.78, 5) is 10.5. The van der Waals surface area contributed by atoms with Crippen molar-refractivity contribution in [3.8, 4) is 11.4 Å². The van der Waals surface area contributed by atoms with Gasteiger partial charge in [0.1, 0.15) is 0 Å². The topological polar surface area (TPSA) is 89.2 Å². The Morgan fingerprint density at radius 2 is 2.32 bits per heavy atom. The maximum atomic E-state index is 11.6. The number of nitrogens with zero attached hydrogens (tertiary/aromatic N) is 4. The van der Waals surface area contributed by atoms with E-state index in [1.807, 2.05) is 19.1 Å². The molecular weight excluding hydrogens is 304 g/mol. The van der Waals surface area contributed by atoms with Crippen LogP contribution in [0, 0.1) is 0 Å². The van der Waals surface area contributed by atoms with Crippen molar-refractivity contribution >= 4 is 9.84 Å². The van der Waals surface area contributed by atoms with E-state index in [0.717, 1.165) is 12.1 Å². The van der Waals surface area contributed by atoms with Gasteiger partial charge in [-0.25, -0.2) is 8.42 Å². The van der Waals surface area contributed by atoms with Gasteiger partial charge in [0.2, 0.25) is 11.7 Å². The number of pyridine rings is 1. The number of aromatic nitrogens is 3. The van der Waals surface area contributed by atoms with Crippen molar-refractivity contribution in [1.82, 2.24) is 20.0 Å². The predicted molar refractivity (Wildman–Crippen MR) is 80.7 cm³/mol. The Morgan fingerprint density at radius 3 is 2.95 bits per heavy atom. The molecule has 0 aromatic carbocycles. The van der Waals surface area contributed by atoms with E-state index < -0.39 is 9.84 Å². The van der Waals surface area contributed by atoms with Crippen molar-refractivity contribution in [2.24, 2.45) is 0 Å². The Morgan fingerprint density at radius 1 is 1.45 bits per heavy atom. The van der Waals surface area contributed by atoms with E-state index in [-0.39, 0.29) is 17.5 Å². The van der Waals surface area contributed by atoms with E-state index >= 15 is 0 Å². The summed E-state index contributed by atoms with van der Waals surface area (Å²) in [5.74, 6) is 1.46. The second-order valence-electron chi connectivity index (χ2n) is 5.37. The summed E-state index contributed by atoms with van der Waals surface area (Å²) in [6.07, 6.45) is 4.03. The van der Waals surface area contributed by atoms with Crippen LogP contribution in [0.3, 0.4) is 0 Å².